The van der Waals surface area contributed by atoms with Crippen LogP contribution in [0.1, 0.15) is 63.0 Å². The Hall–Kier alpha value is -0.820. The molecule has 1 nitrogen and oxygen atoms in total. The fraction of sp³-hybridized carbons (Fsp3) is 0.625. The quantitative estimate of drug-likeness (QED) is 0.837. The topological polar surface area (TPSA) is 26.0 Å². The second-order valence-corrected chi connectivity index (χ2v) is 5.83. The molecule has 0 spiro atoms. The zero-order valence-corrected chi connectivity index (χ0v) is 11.2. The van der Waals surface area contributed by atoms with Crippen molar-refractivity contribution >= 4 is 0 Å². The van der Waals surface area contributed by atoms with E-state index in [0.717, 1.165) is 6.54 Å². The van der Waals surface area contributed by atoms with Gasteiger partial charge in [0.15, 0.2) is 0 Å². The number of rotatable bonds is 3. The number of hydrogen-bond acceptors (Lipinski definition) is 1. The molecule has 1 aromatic carbocycles. The summed E-state index contributed by atoms with van der Waals surface area (Å²) in [5.41, 5.74) is 9.29. The van der Waals surface area contributed by atoms with Crippen molar-refractivity contribution in [3.05, 3.63) is 35.4 Å². The molecule has 0 saturated heterocycles. The molecular weight excluding hydrogens is 206 g/mol. The predicted molar refractivity (Wildman–Crippen MR) is 74.3 cm³/mol. The average molecular weight is 231 g/mol. The van der Waals surface area contributed by atoms with Gasteiger partial charge in [0, 0.05) is 12.0 Å². The highest BCUT2D eigenvalue weighted by Crippen LogP contribution is 2.39. The summed E-state index contributed by atoms with van der Waals surface area (Å²) in [5.74, 6) is 0.605. The van der Waals surface area contributed by atoms with Crippen LogP contribution in [0, 0.1) is 0 Å². The molecule has 0 unspecified atom stereocenters. The summed E-state index contributed by atoms with van der Waals surface area (Å²) < 4.78 is 0. The molecule has 17 heavy (non-hydrogen) atoms. The molecule has 0 atom stereocenters. The van der Waals surface area contributed by atoms with Gasteiger partial charge in [-0.3, -0.25) is 0 Å². The van der Waals surface area contributed by atoms with E-state index in [4.69, 9.17) is 5.73 Å². The molecule has 1 aliphatic carbocycles. The molecule has 1 aromatic rings. The van der Waals surface area contributed by atoms with Crippen LogP contribution in [0.2, 0.25) is 0 Å². The molecule has 2 rings (SSSR count). The van der Waals surface area contributed by atoms with Gasteiger partial charge in [-0.15, -0.1) is 0 Å². The lowest BCUT2D eigenvalue weighted by Gasteiger charge is -2.37. The summed E-state index contributed by atoms with van der Waals surface area (Å²) in [4.78, 5) is 0. The third-order valence-corrected chi connectivity index (χ3v) is 4.37. The van der Waals surface area contributed by atoms with E-state index in [1.807, 2.05) is 0 Å². The van der Waals surface area contributed by atoms with E-state index in [1.54, 1.807) is 0 Å². The monoisotopic (exact) mass is 231 g/mol. The van der Waals surface area contributed by atoms with Crippen LogP contribution >= 0.6 is 0 Å². The molecule has 0 aromatic heterocycles. The van der Waals surface area contributed by atoms with Crippen LogP contribution in [0.4, 0.5) is 0 Å². The molecule has 0 bridgehead atoms. The molecule has 1 saturated carbocycles. The Balaban J connectivity index is 2.33. The van der Waals surface area contributed by atoms with Crippen molar-refractivity contribution in [3.63, 3.8) is 0 Å². The van der Waals surface area contributed by atoms with Crippen LogP contribution in [0.5, 0.6) is 0 Å². The van der Waals surface area contributed by atoms with Crippen LogP contribution in [0.15, 0.2) is 24.3 Å². The van der Waals surface area contributed by atoms with Crippen molar-refractivity contribution in [2.75, 3.05) is 6.54 Å². The van der Waals surface area contributed by atoms with Crippen molar-refractivity contribution in [3.8, 4) is 0 Å². The number of hydrogen-bond donors (Lipinski definition) is 1. The number of nitrogens with two attached hydrogens (primary N) is 1. The first-order valence-corrected chi connectivity index (χ1v) is 6.98. The molecule has 1 heteroatoms. The molecule has 2 N–H and O–H groups in total. The Labute approximate surface area is 105 Å². The van der Waals surface area contributed by atoms with E-state index in [1.165, 1.54) is 43.2 Å². The highest BCUT2D eigenvalue weighted by molar-refractivity contribution is 5.32. The Kier molecular flexibility index (Phi) is 3.88. The fourth-order valence-corrected chi connectivity index (χ4v) is 3.07. The van der Waals surface area contributed by atoms with E-state index in [-0.39, 0.29) is 5.41 Å². The van der Waals surface area contributed by atoms with Crippen molar-refractivity contribution in [1.29, 1.82) is 0 Å². The van der Waals surface area contributed by atoms with Crippen molar-refractivity contribution in [2.24, 2.45) is 5.73 Å². The Morgan fingerprint density at radius 2 is 1.88 bits per heavy atom. The molecular formula is C16H25N. The largest absolute Gasteiger partial charge is 0.330 e. The maximum Gasteiger partial charge on any atom is 0.00756 e. The van der Waals surface area contributed by atoms with Crippen LogP contribution < -0.4 is 5.73 Å². The third kappa shape index (κ3) is 2.55. The molecule has 0 aliphatic heterocycles. The maximum atomic E-state index is 6.10. The minimum absolute atomic E-state index is 0.267. The summed E-state index contributed by atoms with van der Waals surface area (Å²) in [6.07, 6.45) is 6.59. The summed E-state index contributed by atoms with van der Waals surface area (Å²) in [6.45, 7) is 5.32. The SMILES string of the molecule is CC(C)c1cccc(C2(CN)CCCCC2)c1. The normalized spacial score (nSPS) is 19.5. The van der Waals surface area contributed by atoms with Gasteiger partial charge >= 0.3 is 0 Å². The smallest absolute Gasteiger partial charge is 0.00756 e. The first-order valence-electron chi connectivity index (χ1n) is 6.98. The Bertz CT molecular complexity index is 362. The van der Waals surface area contributed by atoms with Gasteiger partial charge in [-0.05, 0) is 29.9 Å². The summed E-state index contributed by atoms with van der Waals surface area (Å²) in [6, 6.07) is 9.12. The van der Waals surface area contributed by atoms with Gasteiger partial charge in [0.25, 0.3) is 0 Å². The lowest BCUT2D eigenvalue weighted by atomic mass is 9.69. The summed E-state index contributed by atoms with van der Waals surface area (Å²) >= 11 is 0. The number of benzene rings is 1. The van der Waals surface area contributed by atoms with Crippen LogP contribution in [0.3, 0.4) is 0 Å². The van der Waals surface area contributed by atoms with Crippen LogP contribution in [0.25, 0.3) is 0 Å². The van der Waals surface area contributed by atoms with Crippen LogP contribution in [-0.4, -0.2) is 6.54 Å². The molecule has 0 amide bonds. The minimum atomic E-state index is 0.267. The summed E-state index contributed by atoms with van der Waals surface area (Å²) in [7, 11) is 0. The first-order chi connectivity index (χ1) is 8.18. The standard InChI is InChI=1S/C16H25N/c1-13(2)14-7-6-8-15(11-14)16(12-17)9-4-3-5-10-16/h6-8,11,13H,3-5,9-10,12,17H2,1-2H3. The second kappa shape index (κ2) is 5.22. The lowest BCUT2D eigenvalue weighted by Crippen LogP contribution is -2.37. The van der Waals surface area contributed by atoms with E-state index in [0.29, 0.717) is 5.92 Å². The van der Waals surface area contributed by atoms with Gasteiger partial charge in [0.1, 0.15) is 0 Å². The lowest BCUT2D eigenvalue weighted by molar-refractivity contribution is 0.300. The molecule has 0 heterocycles. The van der Waals surface area contributed by atoms with Crippen molar-refractivity contribution in [1.82, 2.24) is 0 Å². The molecule has 1 aliphatic rings. The molecule has 1 fully saturated rings. The Morgan fingerprint density at radius 1 is 1.18 bits per heavy atom. The van der Waals surface area contributed by atoms with E-state index in [9.17, 15) is 0 Å². The summed E-state index contributed by atoms with van der Waals surface area (Å²) in [5, 5.41) is 0. The van der Waals surface area contributed by atoms with Gasteiger partial charge in [-0.1, -0.05) is 57.4 Å². The fourth-order valence-electron chi connectivity index (χ4n) is 3.07. The van der Waals surface area contributed by atoms with Crippen molar-refractivity contribution in [2.45, 2.75) is 57.3 Å². The van der Waals surface area contributed by atoms with Crippen LogP contribution in [-0.2, 0) is 5.41 Å². The van der Waals surface area contributed by atoms with E-state index in [2.05, 4.69) is 38.1 Å². The average Bonchev–Trinajstić information content (AvgIpc) is 2.39. The van der Waals surface area contributed by atoms with Gasteiger partial charge in [0.05, 0.1) is 0 Å². The highest BCUT2D eigenvalue weighted by atomic mass is 14.6. The van der Waals surface area contributed by atoms with Gasteiger partial charge < -0.3 is 5.73 Å². The molecule has 94 valence electrons. The third-order valence-electron chi connectivity index (χ3n) is 4.37. The predicted octanol–water partition coefficient (Wildman–Crippen LogP) is 3.97. The van der Waals surface area contributed by atoms with Crippen molar-refractivity contribution < 1.29 is 0 Å². The maximum absolute atomic E-state index is 6.10. The minimum Gasteiger partial charge on any atom is -0.330 e. The van der Waals surface area contributed by atoms with E-state index >= 15 is 0 Å². The Morgan fingerprint density at radius 3 is 2.47 bits per heavy atom. The first kappa shape index (κ1) is 12.6. The van der Waals surface area contributed by atoms with Gasteiger partial charge in [-0.2, -0.15) is 0 Å². The second-order valence-electron chi connectivity index (χ2n) is 5.83. The van der Waals surface area contributed by atoms with E-state index < -0.39 is 0 Å². The van der Waals surface area contributed by atoms with Gasteiger partial charge in [-0.25, -0.2) is 0 Å². The molecule has 0 radical (unpaired) electrons. The highest BCUT2D eigenvalue weighted by Gasteiger charge is 2.32. The van der Waals surface area contributed by atoms with Gasteiger partial charge in [0.2, 0.25) is 0 Å². The zero-order valence-electron chi connectivity index (χ0n) is 11.2. The zero-order chi connectivity index (χ0) is 12.3.